The van der Waals surface area contributed by atoms with E-state index in [0.29, 0.717) is 6.04 Å². The van der Waals surface area contributed by atoms with Crippen LogP contribution < -0.4 is 10.2 Å². The summed E-state index contributed by atoms with van der Waals surface area (Å²) in [4.78, 5) is 2.44. The van der Waals surface area contributed by atoms with Crippen LogP contribution in [0.5, 0.6) is 0 Å². The number of anilines is 1. The molecule has 1 aromatic carbocycles. The van der Waals surface area contributed by atoms with Gasteiger partial charge in [0.25, 0.3) is 0 Å². The molecule has 0 radical (unpaired) electrons. The molecule has 0 spiro atoms. The molecule has 1 heterocycles. The zero-order valence-corrected chi connectivity index (χ0v) is 14.5. The van der Waals surface area contributed by atoms with Gasteiger partial charge < -0.3 is 15.0 Å². The molecule has 0 aromatic heterocycles. The highest BCUT2D eigenvalue weighted by Gasteiger charge is 2.28. The summed E-state index contributed by atoms with van der Waals surface area (Å²) >= 11 is 3.59. The molecule has 2 rings (SSSR count). The fourth-order valence-corrected chi connectivity index (χ4v) is 2.87. The van der Waals surface area contributed by atoms with Gasteiger partial charge in [0.1, 0.15) is 0 Å². The van der Waals surface area contributed by atoms with E-state index in [2.05, 4.69) is 72.0 Å². The highest BCUT2D eigenvalue weighted by atomic mass is 79.9. The molecule has 0 atom stereocenters. The van der Waals surface area contributed by atoms with Gasteiger partial charge in [-0.15, -0.1) is 0 Å². The Morgan fingerprint density at radius 2 is 2.15 bits per heavy atom. The number of ether oxygens (including phenoxy) is 1. The molecule has 1 fully saturated rings. The van der Waals surface area contributed by atoms with Crippen LogP contribution in [0.3, 0.4) is 0 Å². The molecule has 4 heteroatoms. The lowest BCUT2D eigenvalue weighted by molar-refractivity contribution is -0.0277. The fourth-order valence-electron chi connectivity index (χ4n) is 2.52. The van der Waals surface area contributed by atoms with E-state index in [1.54, 1.807) is 0 Å². The Morgan fingerprint density at radius 3 is 2.80 bits per heavy atom. The third-order valence-corrected chi connectivity index (χ3v) is 4.01. The van der Waals surface area contributed by atoms with E-state index >= 15 is 0 Å². The molecule has 0 saturated carbocycles. The van der Waals surface area contributed by atoms with Crippen molar-refractivity contribution in [2.45, 2.75) is 45.9 Å². The molecule has 1 aliphatic heterocycles. The highest BCUT2D eigenvalue weighted by Crippen LogP contribution is 2.29. The quantitative estimate of drug-likeness (QED) is 0.906. The summed E-state index contributed by atoms with van der Waals surface area (Å²) in [5, 5.41) is 3.51. The minimum absolute atomic E-state index is 0.0800. The van der Waals surface area contributed by atoms with Crippen molar-refractivity contribution in [3.63, 3.8) is 0 Å². The van der Waals surface area contributed by atoms with Gasteiger partial charge in [0, 0.05) is 35.8 Å². The lowest BCUT2D eigenvalue weighted by atomic mass is 10.0. The Hall–Kier alpha value is -0.580. The van der Waals surface area contributed by atoms with Gasteiger partial charge in [-0.25, -0.2) is 0 Å². The minimum Gasteiger partial charge on any atom is -0.372 e. The van der Waals surface area contributed by atoms with Crippen LogP contribution in [0, 0.1) is 0 Å². The second kappa shape index (κ2) is 6.46. The van der Waals surface area contributed by atoms with E-state index < -0.39 is 0 Å². The Labute approximate surface area is 130 Å². The zero-order chi connectivity index (χ0) is 14.8. The lowest BCUT2D eigenvalue weighted by Crippen LogP contribution is -2.48. The minimum atomic E-state index is -0.0800. The van der Waals surface area contributed by atoms with E-state index in [9.17, 15) is 0 Å². The summed E-state index contributed by atoms with van der Waals surface area (Å²) in [7, 11) is 0. The van der Waals surface area contributed by atoms with E-state index in [1.807, 2.05) is 0 Å². The van der Waals surface area contributed by atoms with Crippen LogP contribution in [-0.4, -0.2) is 31.3 Å². The number of hydrogen-bond donors (Lipinski definition) is 1. The van der Waals surface area contributed by atoms with Gasteiger partial charge in [0.15, 0.2) is 0 Å². The van der Waals surface area contributed by atoms with Gasteiger partial charge >= 0.3 is 0 Å². The average molecular weight is 341 g/mol. The first kappa shape index (κ1) is 15.8. The van der Waals surface area contributed by atoms with Crippen molar-refractivity contribution in [3.8, 4) is 0 Å². The topological polar surface area (TPSA) is 24.5 Å². The predicted octanol–water partition coefficient (Wildman–Crippen LogP) is 3.56. The Balaban J connectivity index is 2.22. The van der Waals surface area contributed by atoms with Crippen LogP contribution in [0.4, 0.5) is 5.69 Å². The maximum Gasteiger partial charge on any atom is 0.0801 e. The molecule has 1 aromatic rings. The predicted molar refractivity (Wildman–Crippen MR) is 88.4 cm³/mol. The fraction of sp³-hybridized carbons (Fsp3) is 0.625. The number of halogens is 1. The van der Waals surface area contributed by atoms with Crippen molar-refractivity contribution < 1.29 is 4.74 Å². The number of benzene rings is 1. The maximum atomic E-state index is 5.82. The van der Waals surface area contributed by atoms with E-state index in [1.165, 1.54) is 11.3 Å². The van der Waals surface area contributed by atoms with Crippen molar-refractivity contribution in [2.75, 3.05) is 24.6 Å². The Morgan fingerprint density at radius 1 is 1.40 bits per heavy atom. The number of hydrogen-bond acceptors (Lipinski definition) is 3. The van der Waals surface area contributed by atoms with Crippen molar-refractivity contribution in [2.24, 2.45) is 0 Å². The van der Waals surface area contributed by atoms with Crippen molar-refractivity contribution in [1.82, 2.24) is 5.32 Å². The number of morpholine rings is 1. The molecule has 3 nitrogen and oxygen atoms in total. The van der Waals surface area contributed by atoms with Gasteiger partial charge in [0.2, 0.25) is 0 Å². The zero-order valence-electron chi connectivity index (χ0n) is 12.9. The van der Waals surface area contributed by atoms with Gasteiger partial charge in [-0.3, -0.25) is 0 Å². The molecule has 1 saturated heterocycles. The normalized spacial score (nSPS) is 18.6. The Bertz CT molecular complexity index is 460. The Kier molecular flexibility index (Phi) is 5.10. The largest absolute Gasteiger partial charge is 0.372 e. The van der Waals surface area contributed by atoms with Crippen LogP contribution in [-0.2, 0) is 11.3 Å². The van der Waals surface area contributed by atoms with Crippen molar-refractivity contribution >= 4 is 21.6 Å². The molecule has 0 aliphatic carbocycles. The molecule has 0 bridgehead atoms. The summed E-state index contributed by atoms with van der Waals surface area (Å²) in [6.45, 7) is 12.2. The monoisotopic (exact) mass is 340 g/mol. The molecular weight excluding hydrogens is 316 g/mol. The van der Waals surface area contributed by atoms with Crippen LogP contribution in [0.25, 0.3) is 0 Å². The summed E-state index contributed by atoms with van der Waals surface area (Å²) in [6.07, 6.45) is 0. The van der Waals surface area contributed by atoms with E-state index in [4.69, 9.17) is 4.74 Å². The van der Waals surface area contributed by atoms with Crippen LogP contribution in [0.2, 0.25) is 0 Å². The highest BCUT2D eigenvalue weighted by molar-refractivity contribution is 9.10. The molecule has 1 N–H and O–H groups in total. The standard InChI is InChI=1S/C16H25BrN2O/c1-12(2)18-10-13-5-6-14(17)9-15(13)19-7-8-20-16(3,4)11-19/h5-6,9,12,18H,7-8,10-11H2,1-4H3. The molecule has 1 aliphatic rings. The van der Waals surface area contributed by atoms with Crippen LogP contribution >= 0.6 is 15.9 Å². The van der Waals surface area contributed by atoms with Crippen molar-refractivity contribution in [3.05, 3.63) is 28.2 Å². The van der Waals surface area contributed by atoms with Crippen LogP contribution in [0.15, 0.2) is 22.7 Å². The van der Waals surface area contributed by atoms with Gasteiger partial charge in [-0.2, -0.15) is 0 Å². The molecule has 112 valence electrons. The summed E-state index contributed by atoms with van der Waals surface area (Å²) in [5.74, 6) is 0. The second-order valence-electron chi connectivity index (χ2n) is 6.34. The average Bonchev–Trinajstić information content (AvgIpc) is 2.36. The van der Waals surface area contributed by atoms with Gasteiger partial charge in [-0.05, 0) is 31.5 Å². The van der Waals surface area contributed by atoms with Gasteiger partial charge in [0.05, 0.1) is 12.2 Å². The van der Waals surface area contributed by atoms with E-state index in [-0.39, 0.29) is 5.60 Å². The summed E-state index contributed by atoms with van der Waals surface area (Å²) in [6, 6.07) is 7.04. The number of rotatable bonds is 4. The first-order valence-corrected chi connectivity index (χ1v) is 8.07. The molecule has 0 amide bonds. The summed E-state index contributed by atoms with van der Waals surface area (Å²) < 4.78 is 6.95. The second-order valence-corrected chi connectivity index (χ2v) is 7.25. The molecular formula is C16H25BrN2O. The first-order valence-electron chi connectivity index (χ1n) is 7.28. The van der Waals surface area contributed by atoms with Crippen molar-refractivity contribution in [1.29, 1.82) is 0 Å². The lowest BCUT2D eigenvalue weighted by Gasteiger charge is -2.40. The molecule has 0 unspecified atom stereocenters. The number of nitrogens with zero attached hydrogens (tertiary/aromatic N) is 1. The third-order valence-electron chi connectivity index (χ3n) is 3.51. The third kappa shape index (κ3) is 4.21. The first-order chi connectivity index (χ1) is 9.37. The van der Waals surface area contributed by atoms with Gasteiger partial charge in [-0.1, -0.05) is 35.8 Å². The summed E-state index contributed by atoms with van der Waals surface area (Å²) in [5.41, 5.74) is 2.58. The van der Waals surface area contributed by atoms with Crippen LogP contribution in [0.1, 0.15) is 33.3 Å². The van der Waals surface area contributed by atoms with E-state index in [0.717, 1.165) is 30.7 Å². The number of nitrogens with one attached hydrogen (secondary N) is 1. The SMILES string of the molecule is CC(C)NCc1ccc(Br)cc1N1CCOC(C)(C)C1. The molecule has 20 heavy (non-hydrogen) atoms. The maximum absolute atomic E-state index is 5.82. The smallest absolute Gasteiger partial charge is 0.0801 e.